The van der Waals surface area contributed by atoms with E-state index >= 15 is 4.39 Å². The van der Waals surface area contributed by atoms with Crippen molar-refractivity contribution in [2.24, 2.45) is 11.3 Å². The van der Waals surface area contributed by atoms with E-state index in [2.05, 4.69) is 20.0 Å². The number of ether oxygens (including phenoxy) is 2. The number of hydrogen-bond acceptors (Lipinski definition) is 11. The van der Waals surface area contributed by atoms with E-state index in [0.717, 1.165) is 5.39 Å². The Balaban J connectivity index is 1.39. The molecule has 0 aliphatic carbocycles. The second-order valence-electron chi connectivity index (χ2n) is 13.1. The highest BCUT2D eigenvalue weighted by Gasteiger charge is 2.49. The number of nitrogens with one attached hydrogen (secondary N) is 1. The molecule has 15 heteroatoms. The number of rotatable bonds is 11. The van der Waals surface area contributed by atoms with Crippen LogP contribution in [0, 0.1) is 11.3 Å². The monoisotopic (exact) mass is 657 g/mol. The quantitative estimate of drug-likeness (QED) is 0.152. The summed E-state index contributed by atoms with van der Waals surface area (Å²) >= 11 is 0. The lowest BCUT2D eigenvalue weighted by Gasteiger charge is -2.27. The smallest absolute Gasteiger partial charge is 0.459 e. The van der Waals surface area contributed by atoms with E-state index in [0.29, 0.717) is 22.4 Å². The van der Waals surface area contributed by atoms with Crippen molar-refractivity contribution in [1.82, 2.24) is 24.6 Å². The summed E-state index contributed by atoms with van der Waals surface area (Å²) in [7, 11) is -0.806. The first-order valence-corrected chi connectivity index (χ1v) is 16.5. The molecule has 3 heterocycles. The predicted octanol–water partition coefficient (Wildman–Crippen LogP) is 5.62. The average molecular weight is 658 g/mol. The van der Waals surface area contributed by atoms with E-state index in [9.17, 15) is 9.36 Å². The number of hydrogen-bond donors (Lipinski definition) is 2. The molecule has 4 aromatic rings. The summed E-state index contributed by atoms with van der Waals surface area (Å²) < 4.78 is 55.4. The number of fused-ring (bicyclic) bond motifs is 2. The molecule has 248 valence electrons. The van der Waals surface area contributed by atoms with Gasteiger partial charge in [0.1, 0.15) is 24.6 Å². The van der Waals surface area contributed by atoms with Crippen molar-refractivity contribution in [3.05, 3.63) is 48.8 Å². The molecule has 3 N–H and O–H groups in total. The van der Waals surface area contributed by atoms with Crippen molar-refractivity contribution >= 4 is 47.4 Å². The van der Waals surface area contributed by atoms with Crippen molar-refractivity contribution in [2.75, 3.05) is 37.9 Å². The highest BCUT2D eigenvalue weighted by atomic mass is 31.2. The Labute approximate surface area is 267 Å². The summed E-state index contributed by atoms with van der Waals surface area (Å²) in [4.78, 5) is 27.6. The second kappa shape index (κ2) is 12.7. The van der Waals surface area contributed by atoms with Crippen molar-refractivity contribution in [3.8, 4) is 5.75 Å². The van der Waals surface area contributed by atoms with Crippen LogP contribution in [0.3, 0.4) is 0 Å². The van der Waals surface area contributed by atoms with Crippen LogP contribution in [0.1, 0.15) is 47.3 Å². The van der Waals surface area contributed by atoms with Crippen LogP contribution < -0.4 is 20.2 Å². The normalized spacial score (nSPS) is 22.1. The molecule has 0 bridgehead atoms. The fraction of sp³-hybridized carbons (Fsp3) is 0.484. The number of halogens is 1. The van der Waals surface area contributed by atoms with Gasteiger partial charge in [0.05, 0.1) is 12.9 Å². The zero-order valence-electron chi connectivity index (χ0n) is 27.1. The molecule has 46 heavy (non-hydrogen) atoms. The molecule has 13 nitrogen and oxygen atoms in total. The van der Waals surface area contributed by atoms with Gasteiger partial charge in [-0.3, -0.25) is 13.9 Å². The van der Waals surface area contributed by atoms with Gasteiger partial charge in [-0.1, -0.05) is 64.1 Å². The highest BCUT2D eigenvalue weighted by Crippen LogP contribution is 2.50. The van der Waals surface area contributed by atoms with E-state index in [1.54, 1.807) is 41.8 Å². The molecule has 5 rings (SSSR count). The van der Waals surface area contributed by atoms with Gasteiger partial charge in [-0.05, 0) is 23.8 Å². The third kappa shape index (κ3) is 7.41. The fourth-order valence-electron chi connectivity index (χ4n) is 5.18. The Morgan fingerprint density at radius 2 is 1.96 bits per heavy atom. The van der Waals surface area contributed by atoms with Gasteiger partial charge in [0, 0.05) is 31.8 Å². The number of esters is 1. The minimum absolute atomic E-state index is 0.0335. The zero-order chi connectivity index (χ0) is 33.4. The Kier molecular flexibility index (Phi) is 9.29. The molecule has 2 aromatic heterocycles. The number of carbonyl (C=O) groups excluding carboxylic acids is 1. The number of carbonyl (C=O) groups is 1. The SMILES string of the molecule is C[C@H](NP(=O)(OC[C@]1(F)C[C@H](C)[C@H](n2cnc3c(N(C)C)nc(N)nc32)O1)Oc1cccc2ccccc12)C(=O)OCC(C)(C)C. The molecular formula is C31H41FN7O6P. The fourth-order valence-corrected chi connectivity index (χ4v) is 6.72. The van der Waals surface area contributed by atoms with Gasteiger partial charge in [-0.15, -0.1) is 0 Å². The molecule has 0 spiro atoms. The first-order valence-electron chi connectivity index (χ1n) is 15.0. The maximum Gasteiger partial charge on any atom is 0.459 e. The summed E-state index contributed by atoms with van der Waals surface area (Å²) in [5.41, 5.74) is 6.54. The molecule has 5 atom stereocenters. The van der Waals surface area contributed by atoms with Crippen LogP contribution >= 0.6 is 7.75 Å². The van der Waals surface area contributed by atoms with Gasteiger partial charge in [0.2, 0.25) is 11.8 Å². The summed E-state index contributed by atoms with van der Waals surface area (Å²) in [5.74, 6) is -2.64. The van der Waals surface area contributed by atoms with Gasteiger partial charge in [0.15, 0.2) is 17.0 Å². The van der Waals surface area contributed by atoms with Gasteiger partial charge in [-0.25, -0.2) is 13.9 Å². The van der Waals surface area contributed by atoms with Crippen LogP contribution in [0.15, 0.2) is 48.8 Å². The van der Waals surface area contributed by atoms with E-state index in [1.165, 1.54) is 13.3 Å². The maximum absolute atomic E-state index is 16.4. The average Bonchev–Trinajstić information content (AvgIpc) is 3.53. The topological polar surface area (TPSA) is 156 Å². The third-order valence-electron chi connectivity index (χ3n) is 7.33. The van der Waals surface area contributed by atoms with E-state index < -0.39 is 38.4 Å². The highest BCUT2D eigenvalue weighted by molar-refractivity contribution is 7.52. The molecule has 1 fully saturated rings. The van der Waals surface area contributed by atoms with Crippen LogP contribution in [0.2, 0.25) is 0 Å². The lowest BCUT2D eigenvalue weighted by atomic mass is 9.99. The molecule has 1 aliphatic rings. The minimum atomic E-state index is -4.41. The standard InChI is InChI=1S/C31H41FN7O6P/c1-19-15-31(32,44-27(19)39-18-34-24-25(38(6)7)35-29(33)36-26(24)39)17-43-46(41,37-20(2)28(40)42-16-30(3,4)5)45-23-14-10-12-21-11-8-9-13-22(21)23/h8-14,18-20,27H,15-17H2,1-7H3,(H,37,41)(H2,33,35,36)/t19-,20-,27+,31-,46?/m0/s1. The van der Waals surface area contributed by atoms with Crippen molar-refractivity contribution < 1.29 is 32.3 Å². The van der Waals surface area contributed by atoms with E-state index in [-0.39, 0.29) is 36.1 Å². The summed E-state index contributed by atoms with van der Waals surface area (Å²) in [6.45, 7) is 8.42. The number of alkyl halides is 1. The van der Waals surface area contributed by atoms with Crippen LogP contribution in [0.25, 0.3) is 21.9 Å². The molecule has 0 amide bonds. The first-order chi connectivity index (χ1) is 21.6. The zero-order valence-corrected chi connectivity index (χ0v) is 28.0. The number of benzene rings is 2. The largest absolute Gasteiger partial charge is 0.464 e. The number of anilines is 2. The van der Waals surface area contributed by atoms with Gasteiger partial charge in [-0.2, -0.15) is 15.1 Å². The number of imidazole rings is 1. The molecule has 0 radical (unpaired) electrons. The second-order valence-corrected chi connectivity index (χ2v) is 14.7. The molecular weight excluding hydrogens is 616 g/mol. The molecule has 1 unspecified atom stereocenters. The van der Waals surface area contributed by atoms with E-state index in [1.807, 2.05) is 52.0 Å². The van der Waals surface area contributed by atoms with Crippen LogP contribution in [0.4, 0.5) is 16.2 Å². The van der Waals surface area contributed by atoms with Crippen molar-refractivity contribution in [3.63, 3.8) is 0 Å². The Bertz CT molecular complexity index is 1770. The Hall–Kier alpha value is -3.84. The van der Waals surface area contributed by atoms with E-state index in [4.69, 9.17) is 24.3 Å². The van der Waals surface area contributed by atoms with Gasteiger partial charge in [0.25, 0.3) is 0 Å². The Morgan fingerprint density at radius 3 is 2.67 bits per heavy atom. The predicted molar refractivity (Wildman–Crippen MR) is 173 cm³/mol. The van der Waals surface area contributed by atoms with Crippen molar-refractivity contribution in [2.45, 2.75) is 59.2 Å². The minimum Gasteiger partial charge on any atom is -0.464 e. The number of nitrogens with two attached hydrogens (primary N) is 1. The van der Waals surface area contributed by atoms with Crippen LogP contribution in [-0.2, 0) is 23.4 Å². The lowest BCUT2D eigenvalue weighted by Crippen LogP contribution is -2.38. The van der Waals surface area contributed by atoms with Gasteiger partial charge < -0.3 is 24.6 Å². The number of aromatic nitrogens is 4. The summed E-state index contributed by atoms with van der Waals surface area (Å²) in [6, 6.07) is 11.5. The maximum atomic E-state index is 16.4. The summed E-state index contributed by atoms with van der Waals surface area (Å²) in [6.07, 6.45) is 0.566. The summed E-state index contributed by atoms with van der Waals surface area (Å²) in [5, 5.41) is 4.13. The molecule has 2 aromatic carbocycles. The van der Waals surface area contributed by atoms with Gasteiger partial charge >= 0.3 is 13.7 Å². The molecule has 1 saturated heterocycles. The third-order valence-corrected chi connectivity index (χ3v) is 8.94. The molecule has 1 aliphatic heterocycles. The lowest BCUT2D eigenvalue weighted by molar-refractivity contribution is -0.173. The van der Waals surface area contributed by atoms with Crippen LogP contribution in [0.5, 0.6) is 5.75 Å². The number of nitrogens with zero attached hydrogens (tertiary/aromatic N) is 5. The number of nitrogen functional groups attached to an aromatic ring is 1. The van der Waals surface area contributed by atoms with Crippen molar-refractivity contribution in [1.29, 1.82) is 0 Å². The Morgan fingerprint density at radius 1 is 1.24 bits per heavy atom. The van der Waals surface area contributed by atoms with Crippen LogP contribution in [-0.4, -0.2) is 64.7 Å². The first kappa shape index (κ1) is 33.5. The molecule has 0 saturated carbocycles.